The van der Waals surface area contributed by atoms with E-state index in [2.05, 4.69) is 16.7 Å². The van der Waals surface area contributed by atoms with Gasteiger partial charge < -0.3 is 9.64 Å². The predicted molar refractivity (Wildman–Crippen MR) is 83.9 cm³/mol. The number of carbonyl (C=O) groups excluding carboxylic acids is 1. The Kier molecular flexibility index (Phi) is 3.65. The molecule has 0 radical (unpaired) electrons. The Bertz CT molecular complexity index is 706. The maximum atomic E-state index is 12.5. The van der Waals surface area contributed by atoms with Crippen LogP contribution in [0.1, 0.15) is 29.6 Å². The number of nitrogens with one attached hydrogen (secondary N) is 1. The van der Waals surface area contributed by atoms with Crippen LogP contribution < -0.4 is 9.46 Å². The smallest absolute Gasteiger partial charge is 0.229 e. The zero-order valence-corrected chi connectivity index (χ0v) is 13.6. The molecule has 1 N–H and O–H groups in total. The van der Waals surface area contributed by atoms with E-state index in [-0.39, 0.29) is 5.78 Å². The first-order chi connectivity index (χ1) is 10.3. The van der Waals surface area contributed by atoms with Crippen molar-refractivity contribution in [1.29, 1.82) is 0 Å². The highest BCUT2D eigenvalue weighted by Crippen LogP contribution is 2.40. The van der Waals surface area contributed by atoms with Gasteiger partial charge in [-0.25, -0.2) is 8.42 Å². The number of rotatable bonds is 2. The van der Waals surface area contributed by atoms with Gasteiger partial charge in [0.15, 0.2) is 5.78 Å². The van der Waals surface area contributed by atoms with Gasteiger partial charge in [0.05, 0.1) is 18.2 Å². The molecular weight excluding hydrogens is 304 g/mol. The van der Waals surface area contributed by atoms with Gasteiger partial charge in [-0.15, -0.1) is 0 Å². The summed E-state index contributed by atoms with van der Waals surface area (Å²) < 4.78 is 31.1. The fraction of sp³-hybridized carbons (Fsp3) is 0.533. The first-order valence-corrected chi connectivity index (χ1v) is 9.18. The molecule has 22 heavy (non-hydrogen) atoms. The molecule has 1 spiro atoms. The number of sulfonamides is 1. The number of hydrogen-bond donors (Lipinski definition) is 1. The number of nitrogens with zero attached hydrogens (tertiary/aromatic N) is 1. The van der Waals surface area contributed by atoms with Crippen LogP contribution in [0.3, 0.4) is 0 Å². The number of ether oxygens (including phenoxy) is 1. The van der Waals surface area contributed by atoms with Gasteiger partial charge in [-0.2, -0.15) is 0 Å². The molecule has 0 unspecified atom stereocenters. The molecule has 0 saturated carbocycles. The standard InChI is InChI=1S/C15H20N2O4S/c1-17-7-5-15(6-8-17)10-13(18)12-9-11(16-22(2,19)20)3-4-14(12)21-15/h3-4,9,16H,5-8,10H2,1-2H3. The van der Waals surface area contributed by atoms with E-state index in [9.17, 15) is 13.2 Å². The van der Waals surface area contributed by atoms with E-state index in [0.29, 0.717) is 23.4 Å². The highest BCUT2D eigenvalue weighted by atomic mass is 32.2. The van der Waals surface area contributed by atoms with Crippen LogP contribution in [0.4, 0.5) is 5.69 Å². The second kappa shape index (κ2) is 5.24. The van der Waals surface area contributed by atoms with Gasteiger partial charge in [0.1, 0.15) is 11.4 Å². The van der Waals surface area contributed by atoms with Crippen LogP contribution in [0.5, 0.6) is 5.75 Å². The first-order valence-electron chi connectivity index (χ1n) is 7.29. The summed E-state index contributed by atoms with van der Waals surface area (Å²) in [4.78, 5) is 14.7. The number of piperidine rings is 1. The molecule has 0 bridgehead atoms. The van der Waals surface area contributed by atoms with Crippen molar-refractivity contribution in [2.75, 3.05) is 31.1 Å². The molecule has 6 nitrogen and oxygen atoms in total. The summed E-state index contributed by atoms with van der Waals surface area (Å²) in [6.45, 7) is 1.83. The van der Waals surface area contributed by atoms with Crippen molar-refractivity contribution < 1.29 is 17.9 Å². The highest BCUT2D eigenvalue weighted by molar-refractivity contribution is 7.92. The molecule has 0 amide bonds. The second-order valence-electron chi connectivity index (χ2n) is 6.27. The minimum atomic E-state index is -3.36. The van der Waals surface area contributed by atoms with Gasteiger partial charge in [-0.1, -0.05) is 0 Å². The predicted octanol–water partition coefficient (Wildman–Crippen LogP) is 1.49. The lowest BCUT2D eigenvalue weighted by Gasteiger charge is -2.43. The zero-order chi connectivity index (χ0) is 16.0. The fourth-order valence-electron chi connectivity index (χ4n) is 3.08. The molecule has 2 aliphatic rings. The minimum Gasteiger partial charge on any atom is -0.486 e. The Labute approximate surface area is 130 Å². The average Bonchev–Trinajstić information content (AvgIpc) is 2.42. The van der Waals surface area contributed by atoms with Crippen LogP contribution >= 0.6 is 0 Å². The normalized spacial score (nSPS) is 21.3. The van der Waals surface area contributed by atoms with Gasteiger partial charge in [-0.05, 0) is 25.2 Å². The molecule has 7 heteroatoms. The van der Waals surface area contributed by atoms with E-state index < -0.39 is 15.6 Å². The summed E-state index contributed by atoms with van der Waals surface area (Å²) in [5.41, 5.74) is 0.443. The van der Waals surface area contributed by atoms with Gasteiger partial charge in [0, 0.05) is 31.6 Å². The summed E-state index contributed by atoms with van der Waals surface area (Å²) in [5.74, 6) is 0.572. The van der Waals surface area contributed by atoms with Crippen molar-refractivity contribution in [2.24, 2.45) is 0 Å². The Morgan fingerprint density at radius 2 is 1.95 bits per heavy atom. The minimum absolute atomic E-state index is 0.0166. The van der Waals surface area contributed by atoms with E-state index in [0.717, 1.165) is 32.2 Å². The lowest BCUT2D eigenvalue weighted by Crippen LogP contribution is -2.50. The van der Waals surface area contributed by atoms with Crippen LogP contribution in [0.2, 0.25) is 0 Å². The van der Waals surface area contributed by atoms with Crippen LogP contribution in [0.15, 0.2) is 18.2 Å². The number of hydrogen-bond acceptors (Lipinski definition) is 5. The quantitative estimate of drug-likeness (QED) is 0.892. The largest absolute Gasteiger partial charge is 0.486 e. The summed E-state index contributed by atoms with van der Waals surface area (Å²) in [5, 5.41) is 0. The van der Waals surface area contributed by atoms with E-state index in [1.807, 2.05) is 0 Å². The molecule has 2 heterocycles. The summed E-state index contributed by atoms with van der Waals surface area (Å²) in [6, 6.07) is 4.86. The molecule has 0 aromatic heterocycles. The Balaban J connectivity index is 1.87. The number of ketones is 1. The van der Waals surface area contributed by atoms with Crippen LogP contribution in [-0.2, 0) is 10.0 Å². The van der Waals surface area contributed by atoms with Crippen molar-refractivity contribution in [3.8, 4) is 5.75 Å². The van der Waals surface area contributed by atoms with Crippen molar-refractivity contribution in [1.82, 2.24) is 4.90 Å². The van der Waals surface area contributed by atoms with E-state index in [1.54, 1.807) is 18.2 Å². The van der Waals surface area contributed by atoms with E-state index in [4.69, 9.17) is 4.74 Å². The van der Waals surface area contributed by atoms with E-state index >= 15 is 0 Å². The number of anilines is 1. The zero-order valence-electron chi connectivity index (χ0n) is 12.8. The maximum absolute atomic E-state index is 12.5. The Morgan fingerprint density at radius 1 is 1.27 bits per heavy atom. The lowest BCUT2D eigenvalue weighted by atomic mass is 9.82. The van der Waals surface area contributed by atoms with E-state index in [1.165, 1.54) is 0 Å². The highest BCUT2D eigenvalue weighted by Gasteiger charge is 2.42. The third-order valence-electron chi connectivity index (χ3n) is 4.29. The third-order valence-corrected chi connectivity index (χ3v) is 4.90. The van der Waals surface area contributed by atoms with Crippen LogP contribution in [0, 0.1) is 0 Å². The van der Waals surface area contributed by atoms with Crippen molar-refractivity contribution in [2.45, 2.75) is 24.9 Å². The Hall–Kier alpha value is -1.60. The summed E-state index contributed by atoms with van der Waals surface area (Å²) in [7, 11) is -1.30. The summed E-state index contributed by atoms with van der Waals surface area (Å²) >= 11 is 0. The van der Waals surface area contributed by atoms with Gasteiger partial charge in [0.2, 0.25) is 10.0 Å². The van der Waals surface area contributed by atoms with Gasteiger partial charge in [0.25, 0.3) is 0 Å². The Morgan fingerprint density at radius 3 is 2.59 bits per heavy atom. The number of fused-ring (bicyclic) bond motifs is 1. The third kappa shape index (κ3) is 3.10. The van der Waals surface area contributed by atoms with Crippen LogP contribution in [-0.4, -0.2) is 51.1 Å². The second-order valence-corrected chi connectivity index (χ2v) is 8.02. The number of benzene rings is 1. The van der Waals surface area contributed by atoms with Crippen LogP contribution in [0.25, 0.3) is 0 Å². The number of Topliss-reactive ketones (excluding diaryl/α,β-unsaturated/α-hetero) is 1. The van der Waals surface area contributed by atoms with Gasteiger partial charge in [-0.3, -0.25) is 9.52 Å². The van der Waals surface area contributed by atoms with Crippen molar-refractivity contribution in [3.63, 3.8) is 0 Å². The number of carbonyl (C=O) groups is 1. The van der Waals surface area contributed by atoms with Gasteiger partial charge >= 0.3 is 0 Å². The molecule has 1 fully saturated rings. The fourth-order valence-corrected chi connectivity index (χ4v) is 3.63. The SMILES string of the molecule is CN1CCC2(CC1)CC(=O)c1cc(NS(C)(=O)=O)ccc1O2. The molecule has 0 aliphatic carbocycles. The molecule has 2 aliphatic heterocycles. The molecule has 1 aromatic rings. The lowest BCUT2D eigenvalue weighted by molar-refractivity contribution is -0.00365. The monoisotopic (exact) mass is 324 g/mol. The molecule has 120 valence electrons. The average molecular weight is 324 g/mol. The van der Waals surface area contributed by atoms with Crippen molar-refractivity contribution >= 4 is 21.5 Å². The maximum Gasteiger partial charge on any atom is 0.229 e. The molecule has 1 saturated heterocycles. The number of likely N-dealkylation sites (tertiary alicyclic amines) is 1. The molecular formula is C15H20N2O4S. The first kappa shape index (κ1) is 15.3. The molecule has 1 aromatic carbocycles. The van der Waals surface area contributed by atoms with Crippen molar-refractivity contribution in [3.05, 3.63) is 23.8 Å². The topological polar surface area (TPSA) is 75.7 Å². The molecule has 3 rings (SSSR count). The summed E-state index contributed by atoms with van der Waals surface area (Å²) in [6.07, 6.45) is 3.10. The molecule has 0 atom stereocenters.